The molecule has 1 aliphatic rings. The summed E-state index contributed by atoms with van der Waals surface area (Å²) in [6.45, 7) is 10.2. The summed E-state index contributed by atoms with van der Waals surface area (Å²) >= 11 is 0. The largest absolute Gasteiger partial charge is 0.355 e. The van der Waals surface area contributed by atoms with Gasteiger partial charge in [0.25, 0.3) is 0 Å². The Balaban J connectivity index is 2.30. The van der Waals surface area contributed by atoms with E-state index in [-0.39, 0.29) is 11.9 Å². The summed E-state index contributed by atoms with van der Waals surface area (Å²) in [5.74, 6) is 0.163. The van der Waals surface area contributed by atoms with Crippen LogP contribution in [0.5, 0.6) is 0 Å². The molecule has 1 atom stereocenters. The van der Waals surface area contributed by atoms with Crippen LogP contribution in [0.15, 0.2) is 12.7 Å². The van der Waals surface area contributed by atoms with Gasteiger partial charge in [-0.2, -0.15) is 0 Å². The first-order chi connectivity index (χ1) is 8.79. The molecule has 1 heterocycles. The Bertz CT molecular complexity index is 255. The highest BCUT2D eigenvalue weighted by Crippen LogP contribution is 2.08. The molecule has 18 heavy (non-hydrogen) atoms. The van der Waals surface area contributed by atoms with Crippen molar-refractivity contribution in [3.05, 3.63) is 12.7 Å². The molecule has 0 aliphatic carbocycles. The molecule has 1 amide bonds. The van der Waals surface area contributed by atoms with E-state index in [1.54, 1.807) is 0 Å². The number of carbonyl (C=O) groups excluding carboxylic acids is 1. The average molecular weight is 253 g/mol. The lowest BCUT2D eigenvalue weighted by Crippen LogP contribution is -2.57. The molecule has 1 unspecified atom stereocenters. The number of unbranched alkanes of at least 4 members (excludes halogenated alkanes) is 3. The first-order valence-corrected chi connectivity index (χ1v) is 7.13. The molecule has 0 aromatic rings. The first-order valence-electron chi connectivity index (χ1n) is 7.13. The van der Waals surface area contributed by atoms with Crippen LogP contribution in [-0.4, -0.2) is 49.6 Å². The van der Waals surface area contributed by atoms with Crippen LogP contribution in [0.4, 0.5) is 0 Å². The summed E-state index contributed by atoms with van der Waals surface area (Å²) in [4.78, 5) is 14.3. The van der Waals surface area contributed by atoms with Gasteiger partial charge in [-0.25, -0.2) is 0 Å². The maximum atomic E-state index is 11.9. The van der Waals surface area contributed by atoms with E-state index in [4.69, 9.17) is 0 Å². The van der Waals surface area contributed by atoms with E-state index in [0.717, 1.165) is 32.6 Å². The number of carbonyl (C=O) groups is 1. The van der Waals surface area contributed by atoms with Crippen LogP contribution in [0, 0.1) is 0 Å². The van der Waals surface area contributed by atoms with Crippen molar-refractivity contribution in [2.24, 2.45) is 0 Å². The number of hydrogen-bond acceptors (Lipinski definition) is 3. The average Bonchev–Trinajstić information content (AvgIpc) is 2.39. The van der Waals surface area contributed by atoms with Crippen LogP contribution in [0.1, 0.15) is 32.6 Å². The van der Waals surface area contributed by atoms with Crippen LogP contribution in [-0.2, 0) is 4.79 Å². The second kappa shape index (κ2) is 9.11. The molecule has 1 aliphatic heterocycles. The zero-order valence-corrected chi connectivity index (χ0v) is 11.6. The van der Waals surface area contributed by atoms with Crippen LogP contribution in [0.3, 0.4) is 0 Å². The Morgan fingerprint density at radius 1 is 1.50 bits per heavy atom. The summed E-state index contributed by atoms with van der Waals surface area (Å²) in [6.07, 6.45) is 6.67. The molecular formula is C14H27N3O. The third-order valence-corrected chi connectivity index (χ3v) is 3.36. The molecule has 1 rings (SSSR count). The standard InChI is InChI=1S/C14H27N3O/c1-3-5-6-7-8-10-17-11-9-15-12-13(17)14(18)16-4-2/h3,13,15H,1,4-12H2,2H3,(H,16,18). The summed E-state index contributed by atoms with van der Waals surface area (Å²) in [7, 11) is 0. The van der Waals surface area contributed by atoms with Crippen molar-refractivity contribution < 1.29 is 4.79 Å². The normalized spacial score (nSPS) is 20.6. The van der Waals surface area contributed by atoms with E-state index in [1.165, 1.54) is 19.3 Å². The fourth-order valence-electron chi connectivity index (χ4n) is 2.34. The number of rotatable bonds is 8. The number of likely N-dealkylation sites (N-methyl/N-ethyl adjacent to an activating group) is 1. The van der Waals surface area contributed by atoms with Gasteiger partial charge in [-0.15, -0.1) is 6.58 Å². The Labute approximate surface area is 111 Å². The Morgan fingerprint density at radius 3 is 3.06 bits per heavy atom. The SMILES string of the molecule is C=CCCCCCN1CCNCC1C(=O)NCC. The smallest absolute Gasteiger partial charge is 0.238 e. The molecular weight excluding hydrogens is 226 g/mol. The van der Waals surface area contributed by atoms with Crippen molar-refractivity contribution in [2.75, 3.05) is 32.7 Å². The van der Waals surface area contributed by atoms with Gasteiger partial charge in [0.1, 0.15) is 6.04 Å². The lowest BCUT2D eigenvalue weighted by Gasteiger charge is -2.35. The maximum absolute atomic E-state index is 11.9. The van der Waals surface area contributed by atoms with E-state index in [1.807, 2.05) is 13.0 Å². The van der Waals surface area contributed by atoms with E-state index in [0.29, 0.717) is 6.54 Å². The Morgan fingerprint density at radius 2 is 2.33 bits per heavy atom. The van der Waals surface area contributed by atoms with Crippen LogP contribution in [0.25, 0.3) is 0 Å². The fraction of sp³-hybridized carbons (Fsp3) is 0.786. The van der Waals surface area contributed by atoms with Gasteiger partial charge in [-0.05, 0) is 32.7 Å². The number of piperazine rings is 1. The van der Waals surface area contributed by atoms with E-state index >= 15 is 0 Å². The Hall–Kier alpha value is -0.870. The van der Waals surface area contributed by atoms with Crippen molar-refractivity contribution in [3.8, 4) is 0 Å². The molecule has 0 aromatic heterocycles. The predicted molar refractivity (Wildman–Crippen MR) is 75.6 cm³/mol. The van der Waals surface area contributed by atoms with Crippen molar-refractivity contribution in [1.82, 2.24) is 15.5 Å². The van der Waals surface area contributed by atoms with Crippen molar-refractivity contribution >= 4 is 5.91 Å². The summed E-state index contributed by atoms with van der Waals surface area (Å²) in [5, 5.41) is 6.22. The van der Waals surface area contributed by atoms with Crippen LogP contribution in [0.2, 0.25) is 0 Å². The van der Waals surface area contributed by atoms with E-state index in [9.17, 15) is 4.79 Å². The van der Waals surface area contributed by atoms with Gasteiger partial charge < -0.3 is 10.6 Å². The predicted octanol–water partition coefficient (Wildman–Crippen LogP) is 1.14. The molecule has 104 valence electrons. The van der Waals surface area contributed by atoms with Gasteiger partial charge >= 0.3 is 0 Å². The maximum Gasteiger partial charge on any atom is 0.238 e. The van der Waals surface area contributed by atoms with Gasteiger partial charge in [0.2, 0.25) is 5.91 Å². The minimum Gasteiger partial charge on any atom is -0.355 e. The lowest BCUT2D eigenvalue weighted by molar-refractivity contribution is -0.127. The number of nitrogens with one attached hydrogen (secondary N) is 2. The summed E-state index contributed by atoms with van der Waals surface area (Å²) in [6, 6.07) is 0.0121. The third-order valence-electron chi connectivity index (χ3n) is 3.36. The van der Waals surface area contributed by atoms with Gasteiger partial charge in [-0.3, -0.25) is 9.69 Å². The van der Waals surface area contributed by atoms with E-state index in [2.05, 4.69) is 22.1 Å². The fourth-order valence-corrected chi connectivity index (χ4v) is 2.34. The van der Waals surface area contributed by atoms with Crippen molar-refractivity contribution in [1.29, 1.82) is 0 Å². The Kier molecular flexibility index (Phi) is 7.69. The molecule has 4 heteroatoms. The monoisotopic (exact) mass is 253 g/mol. The highest BCUT2D eigenvalue weighted by molar-refractivity contribution is 5.82. The lowest BCUT2D eigenvalue weighted by atomic mass is 10.1. The molecule has 4 nitrogen and oxygen atoms in total. The first kappa shape index (κ1) is 15.2. The second-order valence-electron chi connectivity index (χ2n) is 4.79. The molecule has 0 saturated carbocycles. The highest BCUT2D eigenvalue weighted by atomic mass is 16.2. The van der Waals surface area contributed by atoms with Crippen molar-refractivity contribution in [2.45, 2.75) is 38.6 Å². The zero-order chi connectivity index (χ0) is 13.2. The number of allylic oxidation sites excluding steroid dienone is 1. The minimum atomic E-state index is 0.0121. The topological polar surface area (TPSA) is 44.4 Å². The molecule has 0 bridgehead atoms. The van der Waals surface area contributed by atoms with Crippen LogP contribution < -0.4 is 10.6 Å². The van der Waals surface area contributed by atoms with Gasteiger partial charge in [0.05, 0.1) is 0 Å². The van der Waals surface area contributed by atoms with E-state index < -0.39 is 0 Å². The molecule has 1 saturated heterocycles. The molecule has 0 radical (unpaired) electrons. The summed E-state index contributed by atoms with van der Waals surface area (Å²) in [5.41, 5.74) is 0. The highest BCUT2D eigenvalue weighted by Gasteiger charge is 2.27. The van der Waals surface area contributed by atoms with Gasteiger partial charge in [0.15, 0.2) is 0 Å². The van der Waals surface area contributed by atoms with Crippen molar-refractivity contribution in [3.63, 3.8) is 0 Å². The number of hydrogen-bond donors (Lipinski definition) is 2. The molecule has 0 aromatic carbocycles. The third kappa shape index (κ3) is 5.19. The number of amides is 1. The number of nitrogens with zero attached hydrogens (tertiary/aromatic N) is 1. The van der Waals surface area contributed by atoms with Gasteiger partial charge in [0, 0.05) is 26.2 Å². The minimum absolute atomic E-state index is 0.0121. The molecule has 2 N–H and O–H groups in total. The molecule has 1 fully saturated rings. The second-order valence-corrected chi connectivity index (χ2v) is 4.79. The molecule has 0 spiro atoms. The zero-order valence-electron chi connectivity index (χ0n) is 11.6. The quantitative estimate of drug-likeness (QED) is 0.504. The van der Waals surface area contributed by atoms with Crippen LogP contribution >= 0.6 is 0 Å². The summed E-state index contributed by atoms with van der Waals surface area (Å²) < 4.78 is 0. The van der Waals surface area contributed by atoms with Gasteiger partial charge in [-0.1, -0.05) is 12.5 Å².